The van der Waals surface area contributed by atoms with Crippen LogP contribution in [0.25, 0.3) is 16.9 Å². The van der Waals surface area contributed by atoms with Crippen LogP contribution in [0.3, 0.4) is 0 Å². The van der Waals surface area contributed by atoms with Crippen LogP contribution in [0.15, 0.2) is 41.9 Å². The fraction of sp³-hybridized carbons (Fsp3) is 0.292. The number of hydrogen-bond acceptors (Lipinski definition) is 4. The number of nitrogens with zero attached hydrogens (tertiary/aromatic N) is 3. The summed E-state index contributed by atoms with van der Waals surface area (Å²) in [6.07, 6.45) is 2.22. The molecule has 1 N–H and O–H groups in total. The molecule has 1 aromatic carbocycles. The van der Waals surface area contributed by atoms with Gasteiger partial charge in [-0.05, 0) is 61.6 Å². The molecule has 0 aliphatic heterocycles. The highest BCUT2D eigenvalue weighted by Gasteiger charge is 2.18. The first kappa shape index (κ1) is 20.3. The highest BCUT2D eigenvalue weighted by Crippen LogP contribution is 2.28. The van der Waals surface area contributed by atoms with Gasteiger partial charge in [0.15, 0.2) is 5.13 Å². The minimum atomic E-state index is -0.0906. The Morgan fingerprint density at radius 2 is 1.90 bits per heavy atom. The average molecular weight is 419 g/mol. The predicted molar refractivity (Wildman–Crippen MR) is 123 cm³/mol. The van der Waals surface area contributed by atoms with E-state index in [-0.39, 0.29) is 12.3 Å². The number of aryl methyl sites for hydroxylation is 3. The molecule has 3 heterocycles. The first-order valence-corrected chi connectivity index (χ1v) is 11.0. The summed E-state index contributed by atoms with van der Waals surface area (Å²) < 4.78 is 2.01. The number of carbonyl (C=O) groups is 1. The van der Waals surface area contributed by atoms with Crippen LogP contribution in [-0.2, 0) is 11.2 Å². The van der Waals surface area contributed by atoms with Crippen molar-refractivity contribution in [1.29, 1.82) is 0 Å². The van der Waals surface area contributed by atoms with Crippen LogP contribution in [0.4, 0.5) is 5.13 Å². The van der Waals surface area contributed by atoms with Gasteiger partial charge in [0.25, 0.3) is 0 Å². The molecule has 0 bridgehead atoms. The lowest BCUT2D eigenvalue weighted by atomic mass is 10.0. The van der Waals surface area contributed by atoms with E-state index in [0.29, 0.717) is 11.0 Å². The van der Waals surface area contributed by atoms with E-state index < -0.39 is 0 Å². The Morgan fingerprint density at radius 1 is 1.10 bits per heavy atom. The first-order chi connectivity index (χ1) is 14.3. The zero-order valence-corrected chi connectivity index (χ0v) is 18.8. The van der Waals surface area contributed by atoms with Gasteiger partial charge in [0.2, 0.25) is 5.91 Å². The van der Waals surface area contributed by atoms with Crippen molar-refractivity contribution in [3.05, 3.63) is 70.0 Å². The topological polar surface area (TPSA) is 59.3 Å². The number of imidazole rings is 1. The molecule has 0 aliphatic carbocycles. The van der Waals surface area contributed by atoms with Crippen molar-refractivity contribution >= 4 is 28.0 Å². The molecule has 0 saturated carbocycles. The molecule has 0 spiro atoms. The summed E-state index contributed by atoms with van der Waals surface area (Å²) in [5.41, 5.74) is 8.19. The Morgan fingerprint density at radius 3 is 2.60 bits per heavy atom. The molecule has 154 valence electrons. The van der Waals surface area contributed by atoms with Crippen molar-refractivity contribution in [2.24, 2.45) is 0 Å². The molecule has 0 saturated heterocycles. The number of benzene rings is 1. The zero-order valence-electron chi connectivity index (χ0n) is 18.0. The Hall–Kier alpha value is -2.99. The largest absolute Gasteiger partial charge is 0.303 e. The molecule has 0 unspecified atom stereocenters. The predicted octanol–water partition coefficient (Wildman–Crippen LogP) is 5.69. The number of nitrogens with one attached hydrogen (secondary N) is 1. The molecule has 4 aromatic rings. The molecule has 1 amide bonds. The molecule has 0 radical (unpaired) electrons. The number of carbonyl (C=O) groups excluding carboxylic acids is 1. The third kappa shape index (κ3) is 4.00. The van der Waals surface area contributed by atoms with Gasteiger partial charge in [0, 0.05) is 17.1 Å². The Bertz CT molecular complexity index is 1240. The van der Waals surface area contributed by atoms with E-state index in [1.165, 1.54) is 22.5 Å². The number of aromatic nitrogens is 3. The standard InChI is InChI=1S/C24H26N4OS/c1-14(2)19-13-30-24(25-19)27-22(29)12-20-23(18-7-6-16(4)17(5)11-18)26-21-10-15(3)8-9-28(20)21/h6-11,13-14H,12H2,1-5H3,(H,25,27,29). The molecular weight excluding hydrogens is 392 g/mol. The van der Waals surface area contributed by atoms with Gasteiger partial charge in [-0.25, -0.2) is 9.97 Å². The lowest BCUT2D eigenvalue weighted by Crippen LogP contribution is -2.16. The maximum absolute atomic E-state index is 12.9. The zero-order chi connectivity index (χ0) is 21.4. The molecule has 4 rings (SSSR count). The molecule has 0 aliphatic rings. The van der Waals surface area contributed by atoms with Crippen molar-refractivity contribution in [1.82, 2.24) is 14.4 Å². The first-order valence-electron chi connectivity index (χ1n) is 10.1. The quantitative estimate of drug-likeness (QED) is 0.453. The molecule has 3 aromatic heterocycles. The number of anilines is 1. The monoisotopic (exact) mass is 418 g/mol. The van der Waals surface area contributed by atoms with Gasteiger partial charge in [0.05, 0.1) is 23.5 Å². The van der Waals surface area contributed by atoms with Gasteiger partial charge in [-0.2, -0.15) is 0 Å². The number of fused-ring (bicyclic) bond motifs is 1. The van der Waals surface area contributed by atoms with Gasteiger partial charge in [-0.15, -0.1) is 11.3 Å². The molecule has 5 nitrogen and oxygen atoms in total. The van der Waals surface area contributed by atoms with Crippen molar-refractivity contribution in [3.63, 3.8) is 0 Å². The number of rotatable bonds is 5. The fourth-order valence-corrected chi connectivity index (χ4v) is 4.30. The molecule has 0 fully saturated rings. The average Bonchev–Trinajstić information content (AvgIpc) is 3.29. The van der Waals surface area contributed by atoms with E-state index in [0.717, 1.165) is 33.9 Å². The van der Waals surface area contributed by atoms with Crippen LogP contribution in [0.1, 0.15) is 47.8 Å². The summed E-state index contributed by atoms with van der Waals surface area (Å²) in [5, 5.41) is 5.60. The van der Waals surface area contributed by atoms with E-state index in [4.69, 9.17) is 4.98 Å². The van der Waals surface area contributed by atoms with Crippen LogP contribution < -0.4 is 5.32 Å². The third-order valence-corrected chi connectivity index (χ3v) is 6.12. The van der Waals surface area contributed by atoms with Crippen molar-refractivity contribution in [2.75, 3.05) is 5.32 Å². The van der Waals surface area contributed by atoms with Gasteiger partial charge < -0.3 is 9.72 Å². The summed E-state index contributed by atoms with van der Waals surface area (Å²) >= 11 is 1.46. The molecule has 6 heteroatoms. The Balaban J connectivity index is 1.70. The SMILES string of the molecule is Cc1ccn2c(CC(=O)Nc3nc(C(C)C)cs3)c(-c3ccc(C)c(C)c3)nc2c1. The number of pyridine rings is 1. The van der Waals surface area contributed by atoms with Gasteiger partial charge >= 0.3 is 0 Å². The van der Waals surface area contributed by atoms with E-state index in [9.17, 15) is 4.79 Å². The minimum Gasteiger partial charge on any atom is -0.303 e. The Labute approximate surface area is 180 Å². The van der Waals surface area contributed by atoms with E-state index >= 15 is 0 Å². The van der Waals surface area contributed by atoms with Gasteiger partial charge in [0.1, 0.15) is 5.65 Å². The smallest absolute Gasteiger partial charge is 0.232 e. The molecular formula is C24H26N4OS. The third-order valence-electron chi connectivity index (χ3n) is 5.35. The highest BCUT2D eigenvalue weighted by atomic mass is 32.1. The summed E-state index contributed by atoms with van der Waals surface area (Å²) in [6.45, 7) is 10.4. The number of thiazole rings is 1. The normalized spacial score (nSPS) is 11.4. The maximum atomic E-state index is 12.9. The summed E-state index contributed by atoms with van der Waals surface area (Å²) in [7, 11) is 0. The minimum absolute atomic E-state index is 0.0906. The second-order valence-corrected chi connectivity index (χ2v) is 8.95. The van der Waals surface area contributed by atoms with Gasteiger partial charge in [-0.3, -0.25) is 4.79 Å². The second-order valence-electron chi connectivity index (χ2n) is 8.10. The van der Waals surface area contributed by atoms with E-state index in [1.54, 1.807) is 0 Å². The van der Waals surface area contributed by atoms with Gasteiger partial charge in [-0.1, -0.05) is 26.0 Å². The summed E-state index contributed by atoms with van der Waals surface area (Å²) in [6, 6.07) is 10.4. The van der Waals surface area contributed by atoms with Crippen LogP contribution in [-0.4, -0.2) is 20.3 Å². The maximum Gasteiger partial charge on any atom is 0.232 e. The number of amides is 1. The highest BCUT2D eigenvalue weighted by molar-refractivity contribution is 7.13. The van der Waals surface area contributed by atoms with Crippen LogP contribution in [0.2, 0.25) is 0 Å². The van der Waals surface area contributed by atoms with Crippen molar-refractivity contribution < 1.29 is 4.79 Å². The lowest BCUT2D eigenvalue weighted by molar-refractivity contribution is -0.115. The lowest BCUT2D eigenvalue weighted by Gasteiger charge is -2.08. The van der Waals surface area contributed by atoms with Crippen molar-refractivity contribution in [2.45, 2.75) is 47.0 Å². The van der Waals surface area contributed by atoms with E-state index in [2.05, 4.69) is 56.2 Å². The summed E-state index contributed by atoms with van der Waals surface area (Å²) in [5.74, 6) is 0.248. The van der Waals surface area contributed by atoms with Crippen LogP contribution in [0.5, 0.6) is 0 Å². The van der Waals surface area contributed by atoms with Crippen LogP contribution >= 0.6 is 11.3 Å². The Kier molecular flexibility index (Phi) is 5.43. The van der Waals surface area contributed by atoms with Crippen molar-refractivity contribution in [3.8, 4) is 11.3 Å². The molecule has 30 heavy (non-hydrogen) atoms. The fourth-order valence-electron chi connectivity index (χ4n) is 3.41. The summed E-state index contributed by atoms with van der Waals surface area (Å²) in [4.78, 5) is 22.3. The molecule has 0 atom stereocenters. The number of hydrogen-bond donors (Lipinski definition) is 1. The van der Waals surface area contributed by atoms with Crippen LogP contribution in [0, 0.1) is 20.8 Å². The second kappa shape index (κ2) is 8.03. The van der Waals surface area contributed by atoms with E-state index in [1.807, 2.05) is 35.0 Å².